The van der Waals surface area contributed by atoms with Crippen LogP contribution in [0, 0.1) is 11.3 Å². The third kappa shape index (κ3) is 2.52. The van der Waals surface area contributed by atoms with Crippen LogP contribution in [-0.4, -0.2) is 24.7 Å². The zero-order valence-corrected chi connectivity index (χ0v) is 12.2. The van der Waals surface area contributed by atoms with E-state index in [0.717, 1.165) is 5.39 Å². The molecule has 0 fully saturated rings. The molecular formula is C16H16N2O3. The van der Waals surface area contributed by atoms with E-state index < -0.39 is 11.4 Å². The van der Waals surface area contributed by atoms with E-state index in [0.29, 0.717) is 16.8 Å². The number of benzene rings is 1. The Labute approximate surface area is 123 Å². The Morgan fingerprint density at radius 3 is 2.81 bits per heavy atom. The number of ether oxygens (including phenoxy) is 2. The van der Waals surface area contributed by atoms with E-state index in [1.54, 1.807) is 26.3 Å². The first-order valence-electron chi connectivity index (χ1n) is 6.58. The van der Waals surface area contributed by atoms with Crippen LogP contribution >= 0.6 is 0 Å². The van der Waals surface area contributed by atoms with E-state index in [1.807, 2.05) is 24.3 Å². The normalized spacial score (nSPS) is 13.2. The van der Waals surface area contributed by atoms with Crippen LogP contribution in [-0.2, 0) is 14.9 Å². The predicted octanol–water partition coefficient (Wildman–Crippen LogP) is 2.59. The number of pyridine rings is 1. The average Bonchev–Trinajstić information content (AvgIpc) is 2.53. The summed E-state index contributed by atoms with van der Waals surface area (Å²) in [6.45, 7) is 3.44. The zero-order chi connectivity index (χ0) is 15.5. The van der Waals surface area contributed by atoms with Gasteiger partial charge in [-0.25, -0.2) is 4.79 Å². The fourth-order valence-electron chi connectivity index (χ4n) is 2.14. The number of hydrogen-bond donors (Lipinski definition) is 0. The van der Waals surface area contributed by atoms with Gasteiger partial charge in [0.1, 0.15) is 5.75 Å². The van der Waals surface area contributed by atoms with E-state index in [4.69, 9.17) is 9.47 Å². The first-order chi connectivity index (χ1) is 10.1. The monoisotopic (exact) mass is 284 g/mol. The number of esters is 1. The first kappa shape index (κ1) is 14.8. The summed E-state index contributed by atoms with van der Waals surface area (Å²) in [6, 6.07) is 9.31. The van der Waals surface area contributed by atoms with Crippen molar-refractivity contribution in [2.24, 2.45) is 0 Å². The fourth-order valence-corrected chi connectivity index (χ4v) is 2.14. The highest BCUT2D eigenvalue weighted by atomic mass is 16.5. The topological polar surface area (TPSA) is 72.2 Å². The largest absolute Gasteiger partial charge is 0.497 e. The van der Waals surface area contributed by atoms with E-state index >= 15 is 0 Å². The highest BCUT2D eigenvalue weighted by Crippen LogP contribution is 2.31. The molecule has 5 nitrogen and oxygen atoms in total. The highest BCUT2D eigenvalue weighted by molar-refractivity contribution is 5.94. The molecule has 0 saturated heterocycles. The Kier molecular flexibility index (Phi) is 4.08. The summed E-state index contributed by atoms with van der Waals surface area (Å²) < 4.78 is 10.2. The molecule has 1 atom stereocenters. The number of fused-ring (bicyclic) bond motifs is 1. The SMILES string of the molecule is CCOC(=O)C(C)(C#N)c1nccc2ccc(OC)cc12. The lowest BCUT2D eigenvalue weighted by molar-refractivity contribution is -0.147. The van der Waals surface area contributed by atoms with Crippen LogP contribution in [0.5, 0.6) is 5.75 Å². The van der Waals surface area contributed by atoms with Gasteiger partial charge in [0.15, 0.2) is 5.41 Å². The zero-order valence-electron chi connectivity index (χ0n) is 12.2. The lowest BCUT2D eigenvalue weighted by Crippen LogP contribution is -2.34. The van der Waals surface area contributed by atoms with Crippen molar-refractivity contribution in [3.63, 3.8) is 0 Å². The molecular weight excluding hydrogens is 268 g/mol. The van der Waals surface area contributed by atoms with Crippen LogP contribution in [0.1, 0.15) is 19.5 Å². The molecule has 0 N–H and O–H groups in total. The van der Waals surface area contributed by atoms with Crippen LogP contribution in [0.2, 0.25) is 0 Å². The van der Waals surface area contributed by atoms with E-state index in [1.165, 1.54) is 6.92 Å². The highest BCUT2D eigenvalue weighted by Gasteiger charge is 2.40. The Morgan fingerprint density at radius 2 is 2.19 bits per heavy atom. The van der Waals surface area contributed by atoms with Crippen molar-refractivity contribution in [1.29, 1.82) is 5.26 Å². The van der Waals surface area contributed by atoms with Gasteiger partial charge in [0.2, 0.25) is 0 Å². The molecule has 0 aliphatic heterocycles. The number of carbonyl (C=O) groups excluding carboxylic acids is 1. The molecule has 0 saturated carbocycles. The van der Waals surface area contributed by atoms with Gasteiger partial charge in [0, 0.05) is 11.6 Å². The molecule has 0 amide bonds. The Hall–Kier alpha value is -2.61. The number of rotatable bonds is 4. The van der Waals surface area contributed by atoms with Gasteiger partial charge in [-0.3, -0.25) is 4.98 Å². The second kappa shape index (κ2) is 5.80. The number of methoxy groups -OCH3 is 1. The average molecular weight is 284 g/mol. The van der Waals surface area contributed by atoms with Crippen LogP contribution in [0.3, 0.4) is 0 Å². The molecule has 5 heteroatoms. The van der Waals surface area contributed by atoms with E-state index in [-0.39, 0.29) is 6.61 Å². The van der Waals surface area contributed by atoms with Crippen molar-refractivity contribution in [2.45, 2.75) is 19.3 Å². The Bertz CT molecular complexity index is 721. The molecule has 21 heavy (non-hydrogen) atoms. The number of nitrogens with zero attached hydrogens (tertiary/aromatic N) is 2. The summed E-state index contributed by atoms with van der Waals surface area (Å²) in [6.07, 6.45) is 1.58. The van der Waals surface area contributed by atoms with Crippen molar-refractivity contribution in [3.8, 4) is 11.8 Å². The molecule has 0 bridgehead atoms. The quantitative estimate of drug-likeness (QED) is 0.807. The maximum atomic E-state index is 12.2. The number of aromatic nitrogens is 1. The molecule has 2 rings (SSSR count). The summed E-state index contributed by atoms with van der Waals surface area (Å²) in [5.74, 6) is 0.0382. The van der Waals surface area contributed by atoms with Crippen LogP contribution in [0.4, 0.5) is 0 Å². The van der Waals surface area contributed by atoms with Crippen molar-refractivity contribution >= 4 is 16.7 Å². The van der Waals surface area contributed by atoms with Gasteiger partial charge in [-0.15, -0.1) is 0 Å². The van der Waals surface area contributed by atoms with Crippen LogP contribution in [0.15, 0.2) is 30.5 Å². The molecule has 1 heterocycles. The summed E-state index contributed by atoms with van der Waals surface area (Å²) in [5.41, 5.74) is -1.08. The van der Waals surface area contributed by atoms with Crippen molar-refractivity contribution in [2.75, 3.05) is 13.7 Å². The third-order valence-corrected chi connectivity index (χ3v) is 3.35. The van der Waals surface area contributed by atoms with E-state index in [9.17, 15) is 10.1 Å². The van der Waals surface area contributed by atoms with Gasteiger partial charge in [-0.05, 0) is 37.4 Å². The minimum Gasteiger partial charge on any atom is -0.497 e. The van der Waals surface area contributed by atoms with Gasteiger partial charge in [-0.1, -0.05) is 6.07 Å². The minimum absolute atomic E-state index is 0.212. The molecule has 0 spiro atoms. The van der Waals surface area contributed by atoms with Gasteiger partial charge in [0.25, 0.3) is 0 Å². The van der Waals surface area contributed by atoms with Gasteiger partial charge >= 0.3 is 5.97 Å². The summed E-state index contributed by atoms with van der Waals surface area (Å²) in [7, 11) is 1.56. The predicted molar refractivity (Wildman–Crippen MR) is 77.9 cm³/mol. The maximum Gasteiger partial charge on any atom is 0.332 e. The molecule has 1 unspecified atom stereocenters. The van der Waals surface area contributed by atoms with Crippen molar-refractivity contribution < 1.29 is 14.3 Å². The van der Waals surface area contributed by atoms with Crippen molar-refractivity contribution in [3.05, 3.63) is 36.2 Å². The lowest BCUT2D eigenvalue weighted by Gasteiger charge is -2.20. The van der Waals surface area contributed by atoms with Gasteiger partial charge in [-0.2, -0.15) is 5.26 Å². The number of hydrogen-bond acceptors (Lipinski definition) is 5. The van der Waals surface area contributed by atoms with Crippen LogP contribution < -0.4 is 4.74 Å². The van der Waals surface area contributed by atoms with Gasteiger partial charge in [0.05, 0.1) is 25.5 Å². The van der Waals surface area contributed by atoms with Gasteiger partial charge < -0.3 is 9.47 Å². The molecule has 0 aliphatic rings. The van der Waals surface area contributed by atoms with E-state index in [2.05, 4.69) is 4.98 Å². The standard InChI is InChI=1S/C16H16N2O3/c1-4-21-15(19)16(2,10-17)14-13-9-12(20-3)6-5-11(13)7-8-18-14/h5-9H,4H2,1-3H3. The number of nitriles is 1. The molecule has 108 valence electrons. The summed E-state index contributed by atoms with van der Waals surface area (Å²) in [4.78, 5) is 16.4. The third-order valence-electron chi connectivity index (χ3n) is 3.35. The Balaban J connectivity index is 2.69. The smallest absolute Gasteiger partial charge is 0.332 e. The summed E-state index contributed by atoms with van der Waals surface area (Å²) >= 11 is 0. The summed E-state index contributed by atoms with van der Waals surface area (Å²) in [5, 5.41) is 11.1. The molecule has 1 aromatic heterocycles. The second-order valence-electron chi connectivity index (χ2n) is 4.70. The Morgan fingerprint density at radius 1 is 1.43 bits per heavy atom. The molecule has 2 aromatic rings. The minimum atomic E-state index is -1.46. The van der Waals surface area contributed by atoms with Crippen molar-refractivity contribution in [1.82, 2.24) is 4.98 Å². The van der Waals surface area contributed by atoms with Crippen LogP contribution in [0.25, 0.3) is 10.8 Å². The molecule has 1 aromatic carbocycles. The second-order valence-corrected chi connectivity index (χ2v) is 4.70. The number of carbonyl (C=O) groups is 1. The maximum absolute atomic E-state index is 12.2. The lowest BCUT2D eigenvalue weighted by atomic mass is 9.85. The first-order valence-corrected chi connectivity index (χ1v) is 6.58. The molecule has 0 aliphatic carbocycles. The fraction of sp³-hybridized carbons (Fsp3) is 0.312. The molecule has 0 radical (unpaired) electrons.